The van der Waals surface area contributed by atoms with E-state index in [4.69, 9.17) is 4.42 Å². The van der Waals surface area contributed by atoms with Gasteiger partial charge in [0, 0.05) is 12.6 Å². The van der Waals surface area contributed by atoms with Crippen molar-refractivity contribution in [1.82, 2.24) is 9.29 Å². The van der Waals surface area contributed by atoms with Gasteiger partial charge in [-0.05, 0) is 36.4 Å². The highest BCUT2D eigenvalue weighted by Gasteiger charge is 2.22. The molecule has 7 heteroatoms. The molecule has 0 fully saturated rings. The summed E-state index contributed by atoms with van der Waals surface area (Å²) < 4.78 is 44.4. The van der Waals surface area contributed by atoms with Crippen LogP contribution in [0, 0.1) is 5.82 Å². The molecule has 3 rings (SSSR count). The molecule has 0 atom stereocenters. The molecule has 1 aromatic heterocycles. The first-order valence-electron chi connectivity index (χ1n) is 7.18. The molecule has 0 unspecified atom stereocenters. The molecule has 124 valence electrons. The molecule has 24 heavy (non-hydrogen) atoms. The summed E-state index contributed by atoms with van der Waals surface area (Å²) in [6.07, 6.45) is 1.43. The monoisotopic (exact) mass is 346 g/mol. The second-order valence-corrected chi connectivity index (χ2v) is 7.27. The van der Waals surface area contributed by atoms with Gasteiger partial charge in [0.25, 0.3) is 0 Å². The smallest absolute Gasteiger partial charge is 0.243 e. The third-order valence-electron chi connectivity index (χ3n) is 3.48. The van der Waals surface area contributed by atoms with Crippen LogP contribution in [0.1, 0.15) is 5.69 Å². The number of hydrogen-bond donors (Lipinski definition) is 0. The molecule has 0 bridgehead atoms. The molecule has 0 aliphatic carbocycles. The van der Waals surface area contributed by atoms with Crippen LogP contribution in [0.5, 0.6) is 0 Å². The summed E-state index contributed by atoms with van der Waals surface area (Å²) in [5.74, 6) is -0.0567. The zero-order valence-electron chi connectivity index (χ0n) is 12.9. The Morgan fingerprint density at radius 2 is 1.75 bits per heavy atom. The van der Waals surface area contributed by atoms with E-state index >= 15 is 0 Å². The number of halogens is 1. The molecule has 0 aliphatic rings. The molecule has 0 saturated heterocycles. The Labute approximate surface area is 139 Å². The maximum absolute atomic E-state index is 13.0. The Bertz CT molecular complexity index is 922. The van der Waals surface area contributed by atoms with Crippen molar-refractivity contribution in [3.63, 3.8) is 0 Å². The van der Waals surface area contributed by atoms with Gasteiger partial charge in [-0.15, -0.1) is 0 Å². The third kappa shape index (κ3) is 3.37. The van der Waals surface area contributed by atoms with E-state index in [-0.39, 0.29) is 11.4 Å². The van der Waals surface area contributed by atoms with Crippen LogP contribution < -0.4 is 0 Å². The highest BCUT2D eigenvalue weighted by molar-refractivity contribution is 7.89. The molecule has 0 N–H and O–H groups in total. The largest absolute Gasteiger partial charge is 0.444 e. The highest BCUT2D eigenvalue weighted by atomic mass is 32.2. The van der Waals surface area contributed by atoms with Crippen molar-refractivity contribution in [1.29, 1.82) is 0 Å². The van der Waals surface area contributed by atoms with Gasteiger partial charge in [-0.1, -0.05) is 18.2 Å². The van der Waals surface area contributed by atoms with Gasteiger partial charge in [-0.25, -0.2) is 17.8 Å². The maximum Gasteiger partial charge on any atom is 0.243 e. The summed E-state index contributed by atoms with van der Waals surface area (Å²) in [5.41, 5.74) is 1.30. The minimum absolute atomic E-state index is 0.0261. The van der Waals surface area contributed by atoms with Crippen LogP contribution in [0.3, 0.4) is 0 Å². The van der Waals surface area contributed by atoms with Gasteiger partial charge in [0.15, 0.2) is 0 Å². The summed E-state index contributed by atoms with van der Waals surface area (Å²) in [7, 11) is -2.28. The minimum atomic E-state index is -3.72. The quantitative estimate of drug-likeness (QED) is 0.711. The normalized spacial score (nSPS) is 11.8. The second kappa shape index (κ2) is 6.54. The van der Waals surface area contributed by atoms with E-state index < -0.39 is 15.8 Å². The summed E-state index contributed by atoms with van der Waals surface area (Å²) in [6.45, 7) is 0.0516. The fourth-order valence-corrected chi connectivity index (χ4v) is 3.33. The summed E-state index contributed by atoms with van der Waals surface area (Å²) in [6, 6.07) is 14.0. The number of benzene rings is 2. The molecule has 3 aromatic rings. The number of rotatable bonds is 5. The summed E-state index contributed by atoms with van der Waals surface area (Å²) in [4.78, 5) is 4.34. The van der Waals surface area contributed by atoms with Crippen LogP contribution in [0.2, 0.25) is 0 Å². The van der Waals surface area contributed by atoms with Crippen LogP contribution in [0.15, 0.2) is 70.2 Å². The molecule has 0 radical (unpaired) electrons. The van der Waals surface area contributed by atoms with Crippen molar-refractivity contribution in [3.05, 3.63) is 72.4 Å². The zero-order valence-corrected chi connectivity index (χ0v) is 13.7. The second-order valence-electron chi connectivity index (χ2n) is 5.23. The molecular weight excluding hydrogens is 331 g/mol. The molecule has 5 nitrogen and oxygen atoms in total. The van der Waals surface area contributed by atoms with Crippen LogP contribution in [-0.2, 0) is 16.6 Å². The van der Waals surface area contributed by atoms with Crippen molar-refractivity contribution in [2.24, 2.45) is 0 Å². The Balaban J connectivity index is 1.78. The van der Waals surface area contributed by atoms with E-state index in [0.29, 0.717) is 11.6 Å². The molecule has 1 heterocycles. The van der Waals surface area contributed by atoms with E-state index in [1.807, 2.05) is 30.3 Å². The number of oxazole rings is 1. The fourth-order valence-electron chi connectivity index (χ4n) is 2.19. The first-order valence-corrected chi connectivity index (χ1v) is 8.62. The van der Waals surface area contributed by atoms with Gasteiger partial charge >= 0.3 is 0 Å². The number of hydrogen-bond acceptors (Lipinski definition) is 4. The first kappa shape index (κ1) is 16.4. The van der Waals surface area contributed by atoms with Gasteiger partial charge in [-0.2, -0.15) is 4.31 Å². The zero-order chi connectivity index (χ0) is 17.2. The predicted octanol–water partition coefficient (Wildman–Crippen LogP) is 3.30. The van der Waals surface area contributed by atoms with E-state index in [9.17, 15) is 12.8 Å². The van der Waals surface area contributed by atoms with Gasteiger partial charge < -0.3 is 4.42 Å². The predicted molar refractivity (Wildman–Crippen MR) is 87.0 cm³/mol. The number of nitrogens with zero attached hydrogens (tertiary/aromatic N) is 2. The fraction of sp³-hybridized carbons (Fsp3) is 0.118. The van der Waals surface area contributed by atoms with Crippen LogP contribution in [-0.4, -0.2) is 24.8 Å². The van der Waals surface area contributed by atoms with E-state index in [1.165, 1.54) is 25.4 Å². The maximum atomic E-state index is 13.0. The van der Waals surface area contributed by atoms with E-state index in [2.05, 4.69) is 4.98 Å². The average Bonchev–Trinajstić information content (AvgIpc) is 3.04. The standard InChI is InChI=1S/C17H15FN2O3S/c1-20(24(21,22)16-9-7-14(18)8-10-16)11-15-12-23-17(19-15)13-5-3-2-4-6-13/h2-10,12H,11H2,1H3. The van der Waals surface area contributed by atoms with Crippen LogP contribution >= 0.6 is 0 Å². The van der Waals surface area contributed by atoms with Gasteiger partial charge in [0.2, 0.25) is 15.9 Å². The van der Waals surface area contributed by atoms with Crippen molar-refractivity contribution in [2.75, 3.05) is 7.05 Å². The van der Waals surface area contributed by atoms with Gasteiger partial charge in [0.1, 0.15) is 12.1 Å². The lowest BCUT2D eigenvalue weighted by Crippen LogP contribution is -2.26. The Morgan fingerprint density at radius 3 is 2.42 bits per heavy atom. The molecule has 2 aromatic carbocycles. The molecule has 0 spiro atoms. The van der Waals surface area contributed by atoms with Crippen molar-refractivity contribution in [3.8, 4) is 11.5 Å². The SMILES string of the molecule is CN(Cc1coc(-c2ccccc2)n1)S(=O)(=O)c1ccc(F)cc1. The summed E-state index contributed by atoms with van der Waals surface area (Å²) >= 11 is 0. The number of aromatic nitrogens is 1. The van der Waals surface area contributed by atoms with Crippen molar-refractivity contribution >= 4 is 10.0 Å². The summed E-state index contributed by atoms with van der Waals surface area (Å²) in [5, 5.41) is 0. The highest BCUT2D eigenvalue weighted by Crippen LogP contribution is 2.21. The Morgan fingerprint density at radius 1 is 1.08 bits per heavy atom. The van der Waals surface area contributed by atoms with Gasteiger partial charge in [0.05, 0.1) is 17.1 Å². The lowest BCUT2D eigenvalue weighted by molar-refractivity contribution is 0.460. The molecule has 0 saturated carbocycles. The molecular formula is C17H15FN2O3S. The Hall–Kier alpha value is -2.51. The lowest BCUT2D eigenvalue weighted by atomic mass is 10.2. The van der Waals surface area contributed by atoms with Crippen LogP contribution in [0.25, 0.3) is 11.5 Å². The van der Waals surface area contributed by atoms with Crippen molar-refractivity contribution < 1.29 is 17.2 Å². The van der Waals surface area contributed by atoms with Crippen LogP contribution in [0.4, 0.5) is 4.39 Å². The molecule has 0 aliphatic heterocycles. The van der Waals surface area contributed by atoms with Gasteiger partial charge in [-0.3, -0.25) is 0 Å². The van der Waals surface area contributed by atoms with E-state index in [0.717, 1.165) is 22.0 Å². The molecule has 0 amide bonds. The van der Waals surface area contributed by atoms with E-state index in [1.54, 1.807) is 0 Å². The Kier molecular flexibility index (Phi) is 4.46. The first-order chi connectivity index (χ1) is 11.5. The lowest BCUT2D eigenvalue weighted by Gasteiger charge is -2.15. The topological polar surface area (TPSA) is 63.4 Å². The minimum Gasteiger partial charge on any atom is -0.444 e. The van der Waals surface area contributed by atoms with Crippen molar-refractivity contribution in [2.45, 2.75) is 11.4 Å². The average molecular weight is 346 g/mol. The third-order valence-corrected chi connectivity index (χ3v) is 5.30. The number of sulfonamides is 1.